The highest BCUT2D eigenvalue weighted by molar-refractivity contribution is 5.83. The lowest BCUT2D eigenvalue weighted by Gasteiger charge is -2.13. The van der Waals surface area contributed by atoms with Gasteiger partial charge in [0.1, 0.15) is 0 Å². The van der Waals surface area contributed by atoms with Crippen LogP contribution in [0.1, 0.15) is 24.5 Å². The van der Waals surface area contributed by atoms with Gasteiger partial charge in [0, 0.05) is 19.5 Å². The largest absolute Gasteiger partial charge is 0.481 e. The number of amides is 2. The smallest absolute Gasteiger partial charge is 0.314 e. The van der Waals surface area contributed by atoms with Crippen LogP contribution in [0.15, 0.2) is 42.5 Å². The van der Waals surface area contributed by atoms with Gasteiger partial charge in [-0.05, 0) is 28.8 Å². The minimum Gasteiger partial charge on any atom is -0.481 e. The number of rotatable bonds is 7. The minimum atomic E-state index is -0.890. The van der Waals surface area contributed by atoms with Crippen molar-refractivity contribution in [3.05, 3.63) is 48.0 Å². The molecule has 0 saturated heterocycles. The number of carboxylic acids is 1. The standard InChI is InChI=1S/C17H20N2O4/c20-15(11-19-17(23)18-9-3-6-16(21)22)14-8-7-12-4-1-2-5-13(12)10-14/h1-2,4-5,7-8,10,15,20H,3,6,9,11H2,(H,21,22)(H2,18,19,23). The number of hydrogen-bond acceptors (Lipinski definition) is 3. The highest BCUT2D eigenvalue weighted by atomic mass is 16.4. The maximum atomic E-state index is 11.6. The summed E-state index contributed by atoms with van der Waals surface area (Å²) in [5, 5.41) is 25.9. The van der Waals surface area contributed by atoms with E-state index >= 15 is 0 Å². The molecule has 0 bridgehead atoms. The Morgan fingerprint density at radius 3 is 2.52 bits per heavy atom. The van der Waals surface area contributed by atoms with Crippen molar-refractivity contribution in [1.82, 2.24) is 10.6 Å². The van der Waals surface area contributed by atoms with Crippen LogP contribution in [0.3, 0.4) is 0 Å². The van der Waals surface area contributed by atoms with Crippen LogP contribution in [-0.2, 0) is 4.79 Å². The Morgan fingerprint density at radius 2 is 1.78 bits per heavy atom. The molecule has 0 heterocycles. The number of nitrogens with one attached hydrogen (secondary N) is 2. The van der Waals surface area contributed by atoms with Gasteiger partial charge < -0.3 is 20.8 Å². The molecular weight excluding hydrogens is 296 g/mol. The Kier molecular flexibility index (Phi) is 5.94. The van der Waals surface area contributed by atoms with Gasteiger partial charge in [-0.1, -0.05) is 36.4 Å². The van der Waals surface area contributed by atoms with E-state index in [-0.39, 0.29) is 19.5 Å². The van der Waals surface area contributed by atoms with Crippen molar-refractivity contribution in [1.29, 1.82) is 0 Å². The summed E-state index contributed by atoms with van der Waals surface area (Å²) in [5.41, 5.74) is 0.731. The number of carboxylic acid groups (broad SMARTS) is 1. The normalized spacial score (nSPS) is 11.9. The topological polar surface area (TPSA) is 98.7 Å². The van der Waals surface area contributed by atoms with Crippen molar-refractivity contribution in [3.8, 4) is 0 Å². The predicted octanol–water partition coefficient (Wildman–Crippen LogP) is 2.04. The lowest BCUT2D eigenvalue weighted by atomic mass is 10.0. The van der Waals surface area contributed by atoms with Crippen LogP contribution in [0.5, 0.6) is 0 Å². The number of urea groups is 1. The second kappa shape index (κ2) is 8.14. The fraction of sp³-hybridized carbons (Fsp3) is 0.294. The Balaban J connectivity index is 1.80. The Hall–Kier alpha value is -2.60. The van der Waals surface area contributed by atoms with E-state index in [2.05, 4.69) is 10.6 Å². The summed E-state index contributed by atoms with van der Waals surface area (Å²) in [5.74, 6) is -0.890. The van der Waals surface area contributed by atoms with E-state index < -0.39 is 18.1 Å². The molecule has 2 aromatic carbocycles. The zero-order valence-electron chi connectivity index (χ0n) is 12.7. The van der Waals surface area contributed by atoms with E-state index in [0.717, 1.165) is 16.3 Å². The summed E-state index contributed by atoms with van der Waals surface area (Å²) in [6, 6.07) is 13.1. The van der Waals surface area contributed by atoms with Crippen LogP contribution in [0.4, 0.5) is 4.79 Å². The second-order valence-electron chi connectivity index (χ2n) is 5.26. The average Bonchev–Trinajstić information content (AvgIpc) is 2.56. The summed E-state index contributed by atoms with van der Waals surface area (Å²) >= 11 is 0. The molecule has 0 spiro atoms. The van der Waals surface area contributed by atoms with Gasteiger partial charge in [-0.25, -0.2) is 4.79 Å². The molecule has 23 heavy (non-hydrogen) atoms. The van der Waals surface area contributed by atoms with Crippen molar-refractivity contribution < 1.29 is 19.8 Å². The molecule has 6 nitrogen and oxygen atoms in total. The molecule has 122 valence electrons. The maximum Gasteiger partial charge on any atom is 0.314 e. The fourth-order valence-corrected chi connectivity index (χ4v) is 2.23. The molecule has 0 aliphatic heterocycles. The SMILES string of the molecule is O=C(O)CCCNC(=O)NCC(O)c1ccc2ccccc2c1. The molecule has 0 fully saturated rings. The molecule has 0 aliphatic rings. The van der Waals surface area contributed by atoms with Crippen molar-refractivity contribution in [3.63, 3.8) is 0 Å². The van der Waals surface area contributed by atoms with Crippen molar-refractivity contribution >= 4 is 22.8 Å². The van der Waals surface area contributed by atoms with E-state index in [1.807, 2.05) is 42.5 Å². The molecule has 4 N–H and O–H groups in total. The lowest BCUT2D eigenvalue weighted by Crippen LogP contribution is -2.38. The van der Waals surface area contributed by atoms with Gasteiger partial charge in [0.25, 0.3) is 0 Å². The minimum absolute atomic E-state index is 0.0139. The predicted molar refractivity (Wildman–Crippen MR) is 87.2 cm³/mol. The van der Waals surface area contributed by atoms with Crippen LogP contribution in [0, 0.1) is 0 Å². The van der Waals surface area contributed by atoms with Gasteiger partial charge >= 0.3 is 12.0 Å². The lowest BCUT2D eigenvalue weighted by molar-refractivity contribution is -0.137. The average molecular weight is 316 g/mol. The molecular formula is C17H20N2O4. The second-order valence-corrected chi connectivity index (χ2v) is 5.26. The number of aliphatic hydroxyl groups excluding tert-OH is 1. The fourth-order valence-electron chi connectivity index (χ4n) is 2.23. The number of fused-ring (bicyclic) bond motifs is 1. The van der Waals surface area contributed by atoms with E-state index in [4.69, 9.17) is 5.11 Å². The third kappa shape index (κ3) is 5.27. The highest BCUT2D eigenvalue weighted by Gasteiger charge is 2.10. The van der Waals surface area contributed by atoms with Crippen LogP contribution in [-0.4, -0.2) is 35.3 Å². The molecule has 6 heteroatoms. The highest BCUT2D eigenvalue weighted by Crippen LogP contribution is 2.19. The van der Waals surface area contributed by atoms with Crippen LogP contribution in [0.25, 0.3) is 10.8 Å². The van der Waals surface area contributed by atoms with Crippen molar-refractivity contribution in [2.24, 2.45) is 0 Å². The van der Waals surface area contributed by atoms with Gasteiger partial charge in [-0.2, -0.15) is 0 Å². The summed E-state index contributed by atoms with van der Waals surface area (Å²) in [6.45, 7) is 0.368. The van der Waals surface area contributed by atoms with Gasteiger partial charge in [-0.15, -0.1) is 0 Å². The quantitative estimate of drug-likeness (QED) is 0.587. The summed E-state index contributed by atoms with van der Waals surface area (Å²) in [4.78, 5) is 21.9. The first kappa shape index (κ1) is 16.8. The van der Waals surface area contributed by atoms with Gasteiger partial charge in [0.05, 0.1) is 6.10 Å². The third-order valence-electron chi connectivity index (χ3n) is 3.47. The van der Waals surface area contributed by atoms with E-state index in [1.54, 1.807) is 0 Å². The van der Waals surface area contributed by atoms with Gasteiger partial charge in [0.2, 0.25) is 0 Å². The Morgan fingerprint density at radius 1 is 1.04 bits per heavy atom. The van der Waals surface area contributed by atoms with Crippen LogP contribution < -0.4 is 10.6 Å². The van der Waals surface area contributed by atoms with Crippen LogP contribution in [0.2, 0.25) is 0 Å². The van der Waals surface area contributed by atoms with Crippen molar-refractivity contribution in [2.75, 3.05) is 13.1 Å². The molecule has 2 aromatic rings. The number of carbonyl (C=O) groups excluding carboxylic acids is 1. The maximum absolute atomic E-state index is 11.6. The van der Waals surface area contributed by atoms with Crippen molar-refractivity contribution in [2.45, 2.75) is 18.9 Å². The molecule has 0 aromatic heterocycles. The van der Waals surface area contributed by atoms with E-state index in [0.29, 0.717) is 6.42 Å². The molecule has 1 atom stereocenters. The van der Waals surface area contributed by atoms with Gasteiger partial charge in [-0.3, -0.25) is 4.79 Å². The number of aliphatic carboxylic acids is 1. The number of benzene rings is 2. The van der Waals surface area contributed by atoms with E-state index in [9.17, 15) is 14.7 Å². The number of hydrogen-bond donors (Lipinski definition) is 4. The molecule has 0 radical (unpaired) electrons. The number of carbonyl (C=O) groups is 2. The zero-order valence-corrected chi connectivity index (χ0v) is 12.7. The molecule has 1 unspecified atom stereocenters. The molecule has 2 amide bonds. The Bertz CT molecular complexity index is 687. The third-order valence-corrected chi connectivity index (χ3v) is 3.47. The monoisotopic (exact) mass is 316 g/mol. The molecule has 2 rings (SSSR count). The van der Waals surface area contributed by atoms with E-state index in [1.165, 1.54) is 0 Å². The molecule has 0 saturated carbocycles. The summed E-state index contributed by atoms with van der Waals surface area (Å²) in [7, 11) is 0. The van der Waals surface area contributed by atoms with Gasteiger partial charge in [0.15, 0.2) is 0 Å². The Labute approximate surface area is 134 Å². The zero-order chi connectivity index (χ0) is 16.7. The first-order valence-corrected chi connectivity index (χ1v) is 7.46. The van der Waals surface area contributed by atoms with Crippen LogP contribution >= 0.6 is 0 Å². The number of aliphatic hydroxyl groups is 1. The first-order chi connectivity index (χ1) is 11.1. The summed E-state index contributed by atoms with van der Waals surface area (Å²) in [6.07, 6.45) is -0.417. The summed E-state index contributed by atoms with van der Waals surface area (Å²) < 4.78 is 0. The molecule has 0 aliphatic carbocycles. The first-order valence-electron chi connectivity index (χ1n) is 7.46.